The van der Waals surface area contributed by atoms with E-state index in [-0.39, 0.29) is 15.9 Å². The summed E-state index contributed by atoms with van der Waals surface area (Å²) in [6.45, 7) is 4.50. The summed E-state index contributed by atoms with van der Waals surface area (Å²) < 4.78 is 12.5. The van der Waals surface area contributed by atoms with Crippen LogP contribution in [-0.4, -0.2) is 5.11 Å². The average Bonchev–Trinajstić information content (AvgIpc) is 2.00. The highest BCUT2D eigenvalue weighted by Crippen LogP contribution is 2.20. The molecule has 0 spiro atoms. The third kappa shape index (κ3) is 2.76. The third-order valence-electron chi connectivity index (χ3n) is 1.01. The predicted octanol–water partition coefficient (Wildman–Crippen LogP) is 2.50. The highest BCUT2D eigenvalue weighted by molar-refractivity contribution is 9.12. The molecule has 0 aromatic rings. The van der Waals surface area contributed by atoms with Crippen molar-refractivity contribution in [2.24, 2.45) is 5.73 Å². The maximum Gasteiger partial charge on any atom is 0.139 e. The van der Waals surface area contributed by atoms with Gasteiger partial charge in [-0.1, -0.05) is 6.58 Å². The van der Waals surface area contributed by atoms with Crippen LogP contribution in [-0.2, 0) is 0 Å². The van der Waals surface area contributed by atoms with E-state index in [1.54, 1.807) is 0 Å². The van der Waals surface area contributed by atoms with Crippen LogP contribution in [0.2, 0.25) is 0 Å². The molecule has 11 heavy (non-hydrogen) atoms. The van der Waals surface area contributed by atoms with Gasteiger partial charge in [0.1, 0.15) is 11.6 Å². The first-order valence-corrected chi connectivity index (χ1v) is 3.63. The summed E-state index contributed by atoms with van der Waals surface area (Å²) in [4.78, 5) is 0. The van der Waals surface area contributed by atoms with E-state index in [2.05, 4.69) is 22.5 Å². The van der Waals surface area contributed by atoms with E-state index in [1.165, 1.54) is 6.92 Å². The van der Waals surface area contributed by atoms with Crippen LogP contribution in [0.15, 0.2) is 34.4 Å². The third-order valence-corrected chi connectivity index (χ3v) is 1.98. The normalized spacial score (nSPS) is 15.2. The molecule has 0 radical (unpaired) electrons. The first-order chi connectivity index (χ1) is 5.00. The molecule has 0 saturated carbocycles. The molecule has 0 rings (SSSR count). The van der Waals surface area contributed by atoms with Gasteiger partial charge >= 0.3 is 0 Å². The second kappa shape index (κ2) is 4.18. The Kier molecular flexibility index (Phi) is 3.89. The Labute approximate surface area is 73.0 Å². The maximum absolute atomic E-state index is 12.4. The number of hydrogen-bond acceptors (Lipinski definition) is 2. The molecule has 0 atom stereocenters. The lowest BCUT2D eigenvalue weighted by molar-refractivity contribution is 0.426. The summed E-state index contributed by atoms with van der Waals surface area (Å²) >= 11 is 2.86. The Morgan fingerprint density at radius 3 is 2.45 bits per heavy atom. The molecule has 0 saturated heterocycles. The fourth-order valence-corrected chi connectivity index (χ4v) is 0.611. The second-order valence-electron chi connectivity index (χ2n) is 1.85. The van der Waals surface area contributed by atoms with Crippen molar-refractivity contribution in [3.05, 3.63) is 34.4 Å². The van der Waals surface area contributed by atoms with Crippen molar-refractivity contribution >= 4 is 15.9 Å². The van der Waals surface area contributed by atoms with Crippen molar-refractivity contribution < 1.29 is 9.50 Å². The fraction of sp³-hybridized carbons (Fsp3) is 0.143. The number of aliphatic hydroxyl groups excluding tert-OH is 1. The van der Waals surface area contributed by atoms with Crippen LogP contribution < -0.4 is 5.73 Å². The summed E-state index contributed by atoms with van der Waals surface area (Å²) in [7, 11) is 0. The van der Waals surface area contributed by atoms with Gasteiger partial charge in [-0.2, -0.15) is 0 Å². The quantitative estimate of drug-likeness (QED) is 0.556. The van der Waals surface area contributed by atoms with Gasteiger partial charge in [-0.3, -0.25) is 0 Å². The Hall–Kier alpha value is -0.770. The first-order valence-electron chi connectivity index (χ1n) is 2.84. The minimum absolute atomic E-state index is 0.0508. The summed E-state index contributed by atoms with van der Waals surface area (Å²) in [6.07, 6.45) is 1.14. The Morgan fingerprint density at radius 2 is 2.18 bits per heavy atom. The molecule has 0 aromatic carbocycles. The van der Waals surface area contributed by atoms with Crippen LogP contribution in [0.3, 0.4) is 0 Å². The van der Waals surface area contributed by atoms with Gasteiger partial charge in [0.15, 0.2) is 0 Å². The first kappa shape index (κ1) is 10.2. The van der Waals surface area contributed by atoms with E-state index >= 15 is 0 Å². The maximum atomic E-state index is 12.4. The molecule has 0 bridgehead atoms. The lowest BCUT2D eigenvalue weighted by Gasteiger charge is -2.00. The highest BCUT2D eigenvalue weighted by Gasteiger charge is 2.05. The molecule has 62 valence electrons. The number of nitrogens with two attached hydrogens (primary N) is 1. The Bertz CT molecular complexity index is 229. The number of aliphatic hydroxyl groups is 1. The van der Waals surface area contributed by atoms with E-state index in [0.29, 0.717) is 0 Å². The molecule has 0 heterocycles. The van der Waals surface area contributed by atoms with Gasteiger partial charge in [0.05, 0.1) is 10.2 Å². The van der Waals surface area contributed by atoms with Crippen molar-refractivity contribution in [3.63, 3.8) is 0 Å². The van der Waals surface area contributed by atoms with Gasteiger partial charge in [-0.15, -0.1) is 0 Å². The number of hydrogen-bond donors (Lipinski definition) is 2. The molecule has 0 aliphatic rings. The van der Waals surface area contributed by atoms with E-state index in [1.807, 2.05) is 0 Å². The Morgan fingerprint density at radius 1 is 1.73 bits per heavy atom. The van der Waals surface area contributed by atoms with Gasteiger partial charge < -0.3 is 10.8 Å². The highest BCUT2D eigenvalue weighted by atomic mass is 79.9. The van der Waals surface area contributed by atoms with Crippen LogP contribution in [0, 0.1) is 0 Å². The van der Waals surface area contributed by atoms with Crippen molar-refractivity contribution in [2.45, 2.75) is 6.92 Å². The molecule has 0 aliphatic heterocycles. The van der Waals surface area contributed by atoms with Crippen LogP contribution in [0.25, 0.3) is 0 Å². The molecule has 4 heteroatoms. The molecule has 2 nitrogen and oxygen atoms in total. The minimum Gasteiger partial charge on any atom is -0.506 e. The predicted molar refractivity (Wildman–Crippen MR) is 46.8 cm³/mol. The van der Waals surface area contributed by atoms with Crippen molar-refractivity contribution in [1.29, 1.82) is 0 Å². The standard InChI is InChI=1S/C7H9BrFNO/c1-3-5(11)7(10)6(8)4(2)9/h3,11H,1,10H2,2H3/b6-4-,7-5-. The fourth-order valence-electron chi connectivity index (χ4n) is 0.408. The summed E-state index contributed by atoms with van der Waals surface area (Å²) in [5.74, 6) is -0.732. The van der Waals surface area contributed by atoms with Gasteiger partial charge in [0.2, 0.25) is 0 Å². The zero-order chi connectivity index (χ0) is 9.02. The summed E-state index contributed by atoms with van der Waals surface area (Å²) in [5.41, 5.74) is 5.23. The molecular weight excluding hydrogens is 213 g/mol. The summed E-state index contributed by atoms with van der Waals surface area (Å²) in [6, 6.07) is 0. The molecule has 3 N–H and O–H groups in total. The molecular formula is C7H9BrFNO. The molecule has 0 aliphatic carbocycles. The topological polar surface area (TPSA) is 46.2 Å². The van der Waals surface area contributed by atoms with Crippen molar-refractivity contribution in [3.8, 4) is 0 Å². The zero-order valence-corrected chi connectivity index (χ0v) is 7.65. The average molecular weight is 222 g/mol. The lowest BCUT2D eigenvalue weighted by atomic mass is 10.3. The SMILES string of the molecule is C=C/C(O)=C(N)\C(Br)=C(/C)F. The van der Waals surface area contributed by atoms with Gasteiger partial charge in [-0.05, 0) is 28.9 Å². The lowest BCUT2D eigenvalue weighted by Crippen LogP contribution is -2.01. The molecule has 0 unspecified atom stereocenters. The number of allylic oxidation sites excluding steroid dienone is 3. The monoisotopic (exact) mass is 221 g/mol. The van der Waals surface area contributed by atoms with Gasteiger partial charge in [0.25, 0.3) is 0 Å². The smallest absolute Gasteiger partial charge is 0.139 e. The van der Waals surface area contributed by atoms with E-state index in [9.17, 15) is 4.39 Å². The number of halogens is 2. The summed E-state index contributed by atoms with van der Waals surface area (Å²) in [5, 5.41) is 8.95. The van der Waals surface area contributed by atoms with Gasteiger partial charge in [-0.25, -0.2) is 4.39 Å². The van der Waals surface area contributed by atoms with E-state index < -0.39 is 5.83 Å². The van der Waals surface area contributed by atoms with Crippen LogP contribution in [0.1, 0.15) is 6.92 Å². The Balaban J connectivity index is 4.90. The molecule has 0 fully saturated rings. The van der Waals surface area contributed by atoms with Crippen molar-refractivity contribution in [2.75, 3.05) is 0 Å². The zero-order valence-electron chi connectivity index (χ0n) is 6.06. The van der Waals surface area contributed by atoms with Crippen LogP contribution >= 0.6 is 15.9 Å². The van der Waals surface area contributed by atoms with E-state index in [4.69, 9.17) is 10.8 Å². The van der Waals surface area contributed by atoms with E-state index in [0.717, 1.165) is 6.08 Å². The van der Waals surface area contributed by atoms with Crippen LogP contribution in [0.5, 0.6) is 0 Å². The minimum atomic E-state index is -0.490. The second-order valence-corrected chi connectivity index (χ2v) is 2.64. The van der Waals surface area contributed by atoms with Crippen LogP contribution in [0.4, 0.5) is 4.39 Å². The number of rotatable bonds is 2. The van der Waals surface area contributed by atoms with Gasteiger partial charge in [0, 0.05) is 0 Å². The molecule has 0 amide bonds. The van der Waals surface area contributed by atoms with Crippen molar-refractivity contribution in [1.82, 2.24) is 0 Å². The molecule has 0 aromatic heterocycles. The largest absolute Gasteiger partial charge is 0.506 e.